The van der Waals surface area contributed by atoms with E-state index in [1.807, 2.05) is 0 Å². The molecule has 0 saturated heterocycles. The summed E-state index contributed by atoms with van der Waals surface area (Å²) < 4.78 is 0. The summed E-state index contributed by atoms with van der Waals surface area (Å²) in [6, 6.07) is 0. The maximum absolute atomic E-state index is 4.44. The van der Waals surface area contributed by atoms with Crippen LogP contribution in [0.5, 0.6) is 0 Å². The average Bonchev–Trinajstić information content (AvgIpc) is 2.25. The zero-order chi connectivity index (χ0) is 11.4. The van der Waals surface area contributed by atoms with Crippen LogP contribution in [0.15, 0.2) is 12.4 Å². The van der Waals surface area contributed by atoms with Crippen molar-refractivity contribution in [2.75, 3.05) is 23.7 Å². The lowest BCUT2D eigenvalue weighted by Gasteiger charge is -2.38. The highest BCUT2D eigenvalue weighted by atomic mass is 15.1. The third-order valence-electron chi connectivity index (χ3n) is 3.25. The minimum absolute atomic E-state index is 0.468. The number of aromatic nitrogens is 2. The molecule has 1 fully saturated rings. The zero-order valence-electron chi connectivity index (χ0n) is 10.1. The molecule has 0 spiro atoms. The Morgan fingerprint density at radius 1 is 1.25 bits per heavy atom. The van der Waals surface area contributed by atoms with Crippen LogP contribution in [-0.4, -0.2) is 23.1 Å². The SMILES string of the molecule is CCNc1cncc(NCC2(C)CCC2)n1. The van der Waals surface area contributed by atoms with Crippen LogP contribution in [-0.2, 0) is 0 Å². The first-order chi connectivity index (χ1) is 7.72. The van der Waals surface area contributed by atoms with Crippen molar-refractivity contribution in [3.8, 4) is 0 Å². The highest BCUT2D eigenvalue weighted by Crippen LogP contribution is 2.40. The summed E-state index contributed by atoms with van der Waals surface area (Å²) in [4.78, 5) is 8.60. The highest BCUT2D eigenvalue weighted by molar-refractivity contribution is 5.41. The summed E-state index contributed by atoms with van der Waals surface area (Å²) in [6.45, 7) is 6.25. The normalized spacial score (nSPS) is 17.6. The number of rotatable bonds is 5. The Balaban J connectivity index is 1.90. The van der Waals surface area contributed by atoms with Gasteiger partial charge in [-0.05, 0) is 25.2 Å². The third kappa shape index (κ3) is 2.62. The molecular formula is C12H20N4. The van der Waals surface area contributed by atoms with Gasteiger partial charge in [-0.3, -0.25) is 4.98 Å². The summed E-state index contributed by atoms with van der Waals surface area (Å²) in [6.07, 6.45) is 7.53. The molecule has 0 radical (unpaired) electrons. The average molecular weight is 220 g/mol. The Kier molecular flexibility index (Phi) is 3.27. The lowest BCUT2D eigenvalue weighted by atomic mass is 9.70. The molecule has 2 rings (SSSR count). The van der Waals surface area contributed by atoms with Crippen LogP contribution in [0.1, 0.15) is 33.1 Å². The largest absolute Gasteiger partial charge is 0.369 e. The van der Waals surface area contributed by atoms with Gasteiger partial charge in [0, 0.05) is 13.1 Å². The predicted octanol–water partition coefficient (Wildman–Crippen LogP) is 2.51. The van der Waals surface area contributed by atoms with Crippen molar-refractivity contribution in [3.63, 3.8) is 0 Å². The van der Waals surface area contributed by atoms with Gasteiger partial charge in [0.15, 0.2) is 0 Å². The van der Waals surface area contributed by atoms with E-state index in [0.717, 1.165) is 24.7 Å². The summed E-state index contributed by atoms with van der Waals surface area (Å²) in [5.41, 5.74) is 0.468. The van der Waals surface area contributed by atoms with Crippen LogP contribution >= 0.6 is 0 Å². The molecule has 0 bridgehead atoms. The topological polar surface area (TPSA) is 49.8 Å². The molecule has 4 nitrogen and oxygen atoms in total. The molecule has 0 aliphatic heterocycles. The minimum atomic E-state index is 0.468. The Labute approximate surface area is 96.9 Å². The first kappa shape index (κ1) is 11.2. The van der Waals surface area contributed by atoms with E-state index >= 15 is 0 Å². The summed E-state index contributed by atoms with van der Waals surface area (Å²) in [7, 11) is 0. The maximum Gasteiger partial charge on any atom is 0.146 e. The van der Waals surface area contributed by atoms with Gasteiger partial charge in [0.1, 0.15) is 11.6 Å². The molecule has 0 amide bonds. The molecule has 1 aliphatic carbocycles. The number of hydrogen-bond donors (Lipinski definition) is 2. The Bertz CT molecular complexity index is 347. The Hall–Kier alpha value is -1.32. The van der Waals surface area contributed by atoms with E-state index in [4.69, 9.17) is 0 Å². The van der Waals surface area contributed by atoms with Crippen molar-refractivity contribution in [2.24, 2.45) is 5.41 Å². The van der Waals surface area contributed by atoms with E-state index in [0.29, 0.717) is 5.41 Å². The molecule has 1 aromatic heterocycles. The van der Waals surface area contributed by atoms with Gasteiger partial charge in [0.25, 0.3) is 0 Å². The monoisotopic (exact) mass is 220 g/mol. The van der Waals surface area contributed by atoms with E-state index in [1.54, 1.807) is 12.4 Å². The van der Waals surface area contributed by atoms with Gasteiger partial charge in [-0.15, -0.1) is 0 Å². The van der Waals surface area contributed by atoms with Crippen molar-refractivity contribution in [3.05, 3.63) is 12.4 Å². The Morgan fingerprint density at radius 2 is 1.94 bits per heavy atom. The molecule has 1 heterocycles. The van der Waals surface area contributed by atoms with Gasteiger partial charge >= 0.3 is 0 Å². The number of nitrogens with zero attached hydrogens (tertiary/aromatic N) is 2. The van der Waals surface area contributed by atoms with Crippen LogP contribution in [0.25, 0.3) is 0 Å². The van der Waals surface area contributed by atoms with Crippen LogP contribution in [0.2, 0.25) is 0 Å². The quantitative estimate of drug-likeness (QED) is 0.800. The first-order valence-corrected chi connectivity index (χ1v) is 6.02. The van der Waals surface area contributed by atoms with Crippen molar-refractivity contribution < 1.29 is 0 Å². The number of hydrogen-bond acceptors (Lipinski definition) is 4. The summed E-state index contributed by atoms with van der Waals surface area (Å²) in [5, 5.41) is 6.53. The predicted molar refractivity (Wildman–Crippen MR) is 66.6 cm³/mol. The molecule has 4 heteroatoms. The maximum atomic E-state index is 4.44. The van der Waals surface area contributed by atoms with Crippen molar-refractivity contribution in [1.82, 2.24) is 9.97 Å². The molecular weight excluding hydrogens is 200 g/mol. The van der Waals surface area contributed by atoms with Gasteiger partial charge in [-0.1, -0.05) is 13.3 Å². The fourth-order valence-electron chi connectivity index (χ4n) is 1.98. The second kappa shape index (κ2) is 4.68. The molecule has 0 atom stereocenters. The first-order valence-electron chi connectivity index (χ1n) is 6.02. The second-order valence-electron chi connectivity index (χ2n) is 4.84. The van der Waals surface area contributed by atoms with Crippen LogP contribution < -0.4 is 10.6 Å². The zero-order valence-corrected chi connectivity index (χ0v) is 10.1. The van der Waals surface area contributed by atoms with Crippen LogP contribution in [0, 0.1) is 5.41 Å². The van der Waals surface area contributed by atoms with Crippen molar-refractivity contribution >= 4 is 11.6 Å². The highest BCUT2D eigenvalue weighted by Gasteiger charge is 2.31. The van der Waals surface area contributed by atoms with Crippen LogP contribution in [0.4, 0.5) is 11.6 Å². The van der Waals surface area contributed by atoms with Gasteiger partial charge in [-0.25, -0.2) is 4.98 Å². The fourth-order valence-corrected chi connectivity index (χ4v) is 1.98. The number of nitrogens with one attached hydrogen (secondary N) is 2. The van der Waals surface area contributed by atoms with E-state index in [1.165, 1.54) is 19.3 Å². The standard InChI is InChI=1S/C12H20N4/c1-3-14-10-7-13-8-11(16-10)15-9-12(2)5-4-6-12/h7-8H,3-6,9H2,1-2H3,(H2,14,15,16). The minimum Gasteiger partial charge on any atom is -0.369 e. The smallest absolute Gasteiger partial charge is 0.146 e. The van der Waals surface area contributed by atoms with E-state index in [2.05, 4.69) is 34.4 Å². The molecule has 1 saturated carbocycles. The summed E-state index contributed by atoms with van der Waals surface area (Å²) in [5.74, 6) is 1.71. The molecule has 88 valence electrons. The van der Waals surface area contributed by atoms with Gasteiger partial charge in [-0.2, -0.15) is 0 Å². The fraction of sp³-hybridized carbons (Fsp3) is 0.667. The molecule has 1 aliphatic rings. The third-order valence-corrected chi connectivity index (χ3v) is 3.25. The van der Waals surface area contributed by atoms with Gasteiger partial charge < -0.3 is 10.6 Å². The Morgan fingerprint density at radius 3 is 2.50 bits per heavy atom. The van der Waals surface area contributed by atoms with Gasteiger partial charge in [0.2, 0.25) is 0 Å². The second-order valence-corrected chi connectivity index (χ2v) is 4.84. The summed E-state index contributed by atoms with van der Waals surface area (Å²) >= 11 is 0. The van der Waals surface area contributed by atoms with Gasteiger partial charge in [0.05, 0.1) is 12.4 Å². The molecule has 2 N–H and O–H groups in total. The van der Waals surface area contributed by atoms with Crippen molar-refractivity contribution in [2.45, 2.75) is 33.1 Å². The molecule has 0 aromatic carbocycles. The lowest BCUT2D eigenvalue weighted by Crippen LogP contribution is -2.33. The molecule has 1 aromatic rings. The number of anilines is 2. The molecule has 0 unspecified atom stereocenters. The van der Waals surface area contributed by atoms with Crippen LogP contribution in [0.3, 0.4) is 0 Å². The molecule has 16 heavy (non-hydrogen) atoms. The van der Waals surface area contributed by atoms with E-state index < -0.39 is 0 Å². The lowest BCUT2D eigenvalue weighted by molar-refractivity contribution is 0.180. The van der Waals surface area contributed by atoms with E-state index in [-0.39, 0.29) is 0 Å². The van der Waals surface area contributed by atoms with Crippen molar-refractivity contribution in [1.29, 1.82) is 0 Å². The van der Waals surface area contributed by atoms with E-state index in [9.17, 15) is 0 Å².